The van der Waals surface area contributed by atoms with Crippen LogP contribution in [0.2, 0.25) is 0 Å². The van der Waals surface area contributed by atoms with Gasteiger partial charge in [-0.25, -0.2) is 9.18 Å². The molecule has 4 nitrogen and oxygen atoms in total. The van der Waals surface area contributed by atoms with Crippen molar-refractivity contribution in [2.45, 2.75) is 25.3 Å². The van der Waals surface area contributed by atoms with Gasteiger partial charge in [0.15, 0.2) is 0 Å². The van der Waals surface area contributed by atoms with Gasteiger partial charge in [0.1, 0.15) is 11.9 Å². The molecule has 0 aliphatic heterocycles. The first kappa shape index (κ1) is 15.9. The first-order valence-electron chi connectivity index (χ1n) is 6.33. The van der Waals surface area contributed by atoms with Crippen molar-refractivity contribution >= 4 is 11.9 Å². The molecule has 0 heterocycles. The minimum atomic E-state index is -0.711. The third-order valence-corrected chi connectivity index (χ3v) is 2.80. The number of hydrogen-bond acceptors (Lipinski definition) is 3. The number of halogens is 1. The highest BCUT2D eigenvalue weighted by Gasteiger charge is 2.21. The van der Waals surface area contributed by atoms with Gasteiger partial charge in [-0.15, -0.1) is 6.58 Å². The first-order chi connectivity index (χ1) is 9.58. The molecular formula is C15H18FNO3. The normalized spacial score (nSPS) is 11.5. The van der Waals surface area contributed by atoms with Crippen LogP contribution in [-0.2, 0) is 9.53 Å². The van der Waals surface area contributed by atoms with E-state index in [1.165, 1.54) is 31.4 Å². The Balaban J connectivity index is 2.67. The summed E-state index contributed by atoms with van der Waals surface area (Å²) >= 11 is 0. The van der Waals surface area contributed by atoms with Crippen LogP contribution >= 0.6 is 0 Å². The van der Waals surface area contributed by atoms with E-state index in [0.29, 0.717) is 18.4 Å². The summed E-state index contributed by atoms with van der Waals surface area (Å²) in [7, 11) is 1.27. The van der Waals surface area contributed by atoms with Gasteiger partial charge in [-0.3, -0.25) is 4.79 Å². The van der Waals surface area contributed by atoms with Gasteiger partial charge in [0.25, 0.3) is 5.91 Å². The molecule has 1 atom stereocenters. The lowest BCUT2D eigenvalue weighted by Crippen LogP contribution is -2.41. The van der Waals surface area contributed by atoms with E-state index in [1.807, 2.05) is 0 Å². The molecular weight excluding hydrogens is 261 g/mol. The highest BCUT2D eigenvalue weighted by atomic mass is 19.1. The lowest BCUT2D eigenvalue weighted by molar-refractivity contribution is -0.143. The Hall–Kier alpha value is -2.17. The van der Waals surface area contributed by atoms with Gasteiger partial charge in [-0.1, -0.05) is 6.08 Å². The molecule has 0 aromatic heterocycles. The molecule has 20 heavy (non-hydrogen) atoms. The number of methoxy groups -OCH3 is 1. The number of benzene rings is 1. The number of nitrogens with one attached hydrogen (secondary N) is 1. The van der Waals surface area contributed by atoms with Gasteiger partial charge in [0.2, 0.25) is 0 Å². The van der Waals surface area contributed by atoms with Crippen LogP contribution in [0.25, 0.3) is 0 Å². The van der Waals surface area contributed by atoms with Gasteiger partial charge >= 0.3 is 5.97 Å². The Morgan fingerprint density at radius 2 is 2.05 bits per heavy atom. The lowest BCUT2D eigenvalue weighted by atomic mass is 10.1. The molecule has 0 aliphatic rings. The van der Waals surface area contributed by atoms with Crippen LogP contribution in [0.1, 0.15) is 29.6 Å². The molecule has 0 saturated heterocycles. The van der Waals surface area contributed by atoms with Crippen LogP contribution in [0.3, 0.4) is 0 Å². The molecule has 0 saturated carbocycles. The third kappa shape index (κ3) is 4.84. The summed E-state index contributed by atoms with van der Waals surface area (Å²) in [6, 6.07) is 4.41. The fourth-order valence-electron chi connectivity index (χ4n) is 1.70. The average Bonchev–Trinajstić information content (AvgIpc) is 2.46. The van der Waals surface area contributed by atoms with Crippen molar-refractivity contribution in [1.82, 2.24) is 5.32 Å². The highest BCUT2D eigenvalue weighted by molar-refractivity contribution is 5.96. The molecule has 1 aromatic rings. The molecule has 0 bridgehead atoms. The standard InChI is InChI=1S/C15H18FNO3/c1-3-4-5-6-13(15(19)20-2)17-14(18)11-7-9-12(16)10-8-11/h3,7-10,13H,1,4-6H2,2H3,(H,17,18)/t13-/m1/s1. The van der Waals surface area contributed by atoms with Crippen molar-refractivity contribution in [3.63, 3.8) is 0 Å². The molecule has 1 N–H and O–H groups in total. The van der Waals surface area contributed by atoms with E-state index in [2.05, 4.69) is 16.6 Å². The second-order valence-corrected chi connectivity index (χ2v) is 4.28. The predicted octanol–water partition coefficient (Wildman–Crippen LogP) is 2.45. The maximum atomic E-state index is 12.8. The molecule has 0 unspecified atom stereocenters. The van der Waals surface area contributed by atoms with E-state index < -0.39 is 23.7 Å². The smallest absolute Gasteiger partial charge is 0.328 e. The summed E-state index contributed by atoms with van der Waals surface area (Å²) in [6.45, 7) is 3.60. The van der Waals surface area contributed by atoms with Crippen LogP contribution in [0.5, 0.6) is 0 Å². The van der Waals surface area contributed by atoms with Gasteiger partial charge in [-0.05, 0) is 43.5 Å². The number of esters is 1. The van der Waals surface area contributed by atoms with E-state index in [1.54, 1.807) is 6.08 Å². The van der Waals surface area contributed by atoms with E-state index >= 15 is 0 Å². The summed E-state index contributed by atoms with van der Waals surface area (Å²) in [5, 5.41) is 2.59. The molecule has 5 heteroatoms. The summed E-state index contributed by atoms with van der Waals surface area (Å²) in [5.74, 6) is -1.35. The van der Waals surface area contributed by atoms with Crippen LogP contribution in [0.15, 0.2) is 36.9 Å². The SMILES string of the molecule is C=CCCC[C@@H](NC(=O)c1ccc(F)cc1)C(=O)OC. The first-order valence-corrected chi connectivity index (χ1v) is 6.33. The summed E-state index contributed by atoms with van der Waals surface area (Å²) in [4.78, 5) is 23.6. The molecule has 0 radical (unpaired) electrons. The fraction of sp³-hybridized carbons (Fsp3) is 0.333. The fourth-order valence-corrected chi connectivity index (χ4v) is 1.70. The number of hydrogen-bond donors (Lipinski definition) is 1. The van der Waals surface area contributed by atoms with Crippen LogP contribution < -0.4 is 5.32 Å². The van der Waals surface area contributed by atoms with Gasteiger partial charge < -0.3 is 10.1 Å². The quantitative estimate of drug-likeness (QED) is 0.474. The zero-order chi connectivity index (χ0) is 15.0. The van der Waals surface area contributed by atoms with E-state index in [9.17, 15) is 14.0 Å². The monoisotopic (exact) mass is 279 g/mol. The molecule has 0 aliphatic carbocycles. The van der Waals surface area contributed by atoms with Gasteiger partial charge in [0.05, 0.1) is 7.11 Å². The van der Waals surface area contributed by atoms with Gasteiger partial charge in [-0.2, -0.15) is 0 Å². The number of unbranched alkanes of at least 4 members (excludes halogenated alkanes) is 1. The van der Waals surface area contributed by atoms with E-state index in [4.69, 9.17) is 0 Å². The third-order valence-electron chi connectivity index (χ3n) is 2.80. The highest BCUT2D eigenvalue weighted by Crippen LogP contribution is 2.07. The number of carbonyl (C=O) groups is 2. The topological polar surface area (TPSA) is 55.4 Å². The Bertz CT molecular complexity index is 471. The molecule has 1 rings (SSSR count). The number of ether oxygens (including phenoxy) is 1. The number of allylic oxidation sites excluding steroid dienone is 1. The van der Waals surface area contributed by atoms with E-state index in [-0.39, 0.29) is 0 Å². The maximum Gasteiger partial charge on any atom is 0.328 e. The number of amides is 1. The Kier molecular flexibility index (Phi) is 6.43. The molecule has 108 valence electrons. The van der Waals surface area contributed by atoms with Crippen LogP contribution in [0.4, 0.5) is 4.39 Å². The summed E-state index contributed by atoms with van der Waals surface area (Å²) in [5.41, 5.74) is 0.295. The molecule has 1 aromatic carbocycles. The minimum absolute atomic E-state index is 0.295. The molecule has 1 amide bonds. The van der Waals surface area contributed by atoms with Crippen molar-refractivity contribution in [1.29, 1.82) is 0 Å². The van der Waals surface area contributed by atoms with Crippen molar-refractivity contribution in [2.75, 3.05) is 7.11 Å². The number of carbonyl (C=O) groups excluding carboxylic acids is 2. The Morgan fingerprint density at radius 1 is 1.40 bits per heavy atom. The molecule has 0 fully saturated rings. The zero-order valence-corrected chi connectivity index (χ0v) is 11.4. The summed E-state index contributed by atoms with van der Waals surface area (Å²) < 4.78 is 17.4. The van der Waals surface area contributed by atoms with Crippen molar-refractivity contribution in [2.24, 2.45) is 0 Å². The second-order valence-electron chi connectivity index (χ2n) is 4.28. The Morgan fingerprint density at radius 3 is 2.60 bits per heavy atom. The zero-order valence-electron chi connectivity index (χ0n) is 11.4. The minimum Gasteiger partial charge on any atom is -0.467 e. The van der Waals surface area contributed by atoms with Crippen molar-refractivity contribution in [3.8, 4) is 0 Å². The summed E-state index contributed by atoms with van der Waals surface area (Å²) in [6.07, 6.45) is 3.68. The number of rotatable bonds is 7. The van der Waals surface area contributed by atoms with Crippen LogP contribution in [-0.4, -0.2) is 25.0 Å². The van der Waals surface area contributed by atoms with E-state index in [0.717, 1.165) is 6.42 Å². The maximum absolute atomic E-state index is 12.8. The van der Waals surface area contributed by atoms with Crippen molar-refractivity contribution in [3.05, 3.63) is 48.3 Å². The average molecular weight is 279 g/mol. The molecule has 0 spiro atoms. The van der Waals surface area contributed by atoms with Gasteiger partial charge in [0, 0.05) is 5.56 Å². The second kappa shape index (κ2) is 8.09. The predicted molar refractivity (Wildman–Crippen MR) is 73.7 cm³/mol. The Labute approximate surface area is 117 Å². The van der Waals surface area contributed by atoms with Crippen LogP contribution in [0, 0.1) is 5.82 Å². The largest absolute Gasteiger partial charge is 0.467 e. The van der Waals surface area contributed by atoms with Crippen molar-refractivity contribution < 1.29 is 18.7 Å². The lowest BCUT2D eigenvalue weighted by Gasteiger charge is -2.16.